The highest BCUT2D eigenvalue weighted by molar-refractivity contribution is 7.80. The smallest absolute Gasteiger partial charge is 0.282 e. The van der Waals surface area contributed by atoms with Crippen molar-refractivity contribution in [2.24, 2.45) is 0 Å². The largest absolute Gasteiger partial charge is 0.325 e. The van der Waals surface area contributed by atoms with Crippen LogP contribution in [0.25, 0.3) is 0 Å². The first-order chi connectivity index (χ1) is 5.15. The zero-order chi connectivity index (χ0) is 8.43. The first-order valence-electron chi connectivity index (χ1n) is 3.35. The maximum Gasteiger partial charge on any atom is 0.282 e. The van der Waals surface area contributed by atoms with Gasteiger partial charge in [0.15, 0.2) is 5.16 Å². The molecule has 0 aliphatic rings. The summed E-state index contributed by atoms with van der Waals surface area (Å²) in [7, 11) is 0. The van der Waals surface area contributed by atoms with E-state index < -0.39 is 0 Å². The summed E-state index contributed by atoms with van der Waals surface area (Å²) in [6, 6.07) is 2.58. The molecule has 11 heavy (non-hydrogen) atoms. The SMILES string of the molecule is CCn1c(C)[c]c(=O)nc1S. The van der Waals surface area contributed by atoms with E-state index in [0.29, 0.717) is 5.16 Å². The molecule has 1 radical (unpaired) electrons. The van der Waals surface area contributed by atoms with Crippen LogP contribution in [-0.4, -0.2) is 9.55 Å². The first kappa shape index (κ1) is 8.33. The zero-order valence-corrected chi connectivity index (χ0v) is 7.35. The Morgan fingerprint density at radius 1 is 1.73 bits per heavy atom. The van der Waals surface area contributed by atoms with Crippen LogP contribution in [-0.2, 0) is 6.54 Å². The van der Waals surface area contributed by atoms with Crippen molar-refractivity contribution in [2.75, 3.05) is 0 Å². The Kier molecular flexibility index (Phi) is 2.34. The number of aryl methyl sites for hydroxylation is 1. The molecular formula is C7H9N2OS. The molecule has 0 N–H and O–H groups in total. The average Bonchev–Trinajstić information content (AvgIpc) is 1.85. The van der Waals surface area contributed by atoms with E-state index in [4.69, 9.17) is 0 Å². The molecule has 0 aliphatic heterocycles. The maximum atomic E-state index is 10.8. The molecule has 1 aromatic heterocycles. The van der Waals surface area contributed by atoms with Gasteiger partial charge < -0.3 is 4.57 Å². The number of thiol groups is 1. The highest BCUT2D eigenvalue weighted by Gasteiger charge is 2.00. The second kappa shape index (κ2) is 3.09. The van der Waals surface area contributed by atoms with E-state index >= 15 is 0 Å². The van der Waals surface area contributed by atoms with Gasteiger partial charge in [-0.05, 0) is 13.8 Å². The number of hydrogen-bond acceptors (Lipinski definition) is 3. The summed E-state index contributed by atoms with van der Waals surface area (Å²) < 4.78 is 1.81. The molecule has 0 saturated carbocycles. The van der Waals surface area contributed by atoms with Crippen LogP contribution in [0.1, 0.15) is 12.6 Å². The van der Waals surface area contributed by atoms with Crippen molar-refractivity contribution in [3.63, 3.8) is 0 Å². The highest BCUT2D eigenvalue weighted by Crippen LogP contribution is 2.02. The third-order valence-electron chi connectivity index (χ3n) is 1.45. The third-order valence-corrected chi connectivity index (χ3v) is 1.79. The maximum absolute atomic E-state index is 10.8. The predicted molar refractivity (Wildman–Crippen MR) is 45.0 cm³/mol. The number of rotatable bonds is 1. The fourth-order valence-corrected chi connectivity index (χ4v) is 1.31. The summed E-state index contributed by atoms with van der Waals surface area (Å²) in [5.41, 5.74) is 0.426. The molecule has 0 unspecified atom stereocenters. The quantitative estimate of drug-likeness (QED) is 0.495. The topological polar surface area (TPSA) is 34.9 Å². The lowest BCUT2D eigenvalue weighted by Gasteiger charge is -2.07. The van der Waals surface area contributed by atoms with Gasteiger partial charge >= 0.3 is 0 Å². The molecule has 0 fully saturated rings. The minimum absolute atomic E-state index is 0.350. The van der Waals surface area contributed by atoms with Crippen molar-refractivity contribution in [3.8, 4) is 0 Å². The van der Waals surface area contributed by atoms with Gasteiger partial charge in [0.1, 0.15) is 0 Å². The third kappa shape index (κ3) is 1.63. The van der Waals surface area contributed by atoms with Gasteiger partial charge in [-0.3, -0.25) is 4.79 Å². The molecule has 0 bridgehead atoms. The number of hydrogen-bond donors (Lipinski definition) is 1. The molecule has 0 aromatic carbocycles. The van der Waals surface area contributed by atoms with Crippen molar-refractivity contribution >= 4 is 12.6 Å². The summed E-state index contributed by atoms with van der Waals surface area (Å²) in [5, 5.41) is 0.453. The van der Waals surface area contributed by atoms with Crippen LogP contribution in [0.5, 0.6) is 0 Å². The van der Waals surface area contributed by atoms with Crippen molar-refractivity contribution in [3.05, 3.63) is 22.1 Å². The lowest BCUT2D eigenvalue weighted by atomic mass is 10.4. The molecule has 59 valence electrons. The summed E-state index contributed by atoms with van der Waals surface area (Å²) in [6.45, 7) is 4.54. The van der Waals surface area contributed by atoms with Crippen LogP contribution in [0.15, 0.2) is 9.95 Å². The number of nitrogens with zero attached hydrogens (tertiary/aromatic N) is 2. The number of aromatic nitrogens is 2. The van der Waals surface area contributed by atoms with E-state index in [9.17, 15) is 4.79 Å². The summed E-state index contributed by atoms with van der Waals surface area (Å²) in [5.74, 6) is 0. The van der Waals surface area contributed by atoms with E-state index in [1.165, 1.54) is 0 Å². The summed E-state index contributed by atoms with van der Waals surface area (Å²) in [6.07, 6.45) is 0. The van der Waals surface area contributed by atoms with Crippen LogP contribution >= 0.6 is 12.6 Å². The minimum Gasteiger partial charge on any atom is -0.325 e. The minimum atomic E-state index is -0.350. The van der Waals surface area contributed by atoms with E-state index in [1.54, 1.807) is 0 Å². The standard InChI is InChI=1S/C7H9N2OS/c1-3-9-5(2)4-6(10)8-7(9)11/h3H2,1-2H3,(H,8,10,11). The van der Waals surface area contributed by atoms with E-state index in [1.807, 2.05) is 18.4 Å². The molecule has 1 aromatic rings. The van der Waals surface area contributed by atoms with Gasteiger partial charge in [0.25, 0.3) is 5.56 Å². The van der Waals surface area contributed by atoms with Crippen molar-refractivity contribution in [1.82, 2.24) is 9.55 Å². The van der Waals surface area contributed by atoms with Crippen molar-refractivity contribution < 1.29 is 0 Å². The van der Waals surface area contributed by atoms with Crippen molar-refractivity contribution in [2.45, 2.75) is 25.5 Å². The molecule has 0 amide bonds. The van der Waals surface area contributed by atoms with Crippen LogP contribution in [0, 0.1) is 13.0 Å². The van der Waals surface area contributed by atoms with Gasteiger partial charge in [-0.2, -0.15) is 4.98 Å². The van der Waals surface area contributed by atoms with Gasteiger partial charge in [0.05, 0.1) is 6.07 Å². The fraction of sp³-hybridized carbons (Fsp3) is 0.429. The zero-order valence-electron chi connectivity index (χ0n) is 6.46. The van der Waals surface area contributed by atoms with Gasteiger partial charge in [0.2, 0.25) is 0 Å². The Labute approximate surface area is 70.5 Å². The lowest BCUT2D eigenvalue weighted by Crippen LogP contribution is -2.15. The van der Waals surface area contributed by atoms with Crippen molar-refractivity contribution in [1.29, 1.82) is 0 Å². The average molecular weight is 169 g/mol. The summed E-state index contributed by atoms with van der Waals surface area (Å²) in [4.78, 5) is 14.4. The van der Waals surface area contributed by atoms with E-state index in [2.05, 4.69) is 23.7 Å². The molecule has 0 spiro atoms. The molecule has 1 rings (SSSR count). The Bertz CT molecular complexity index is 292. The Hall–Kier alpha value is -0.770. The van der Waals surface area contributed by atoms with Gasteiger partial charge in [-0.15, -0.1) is 12.6 Å². The van der Waals surface area contributed by atoms with Crippen LogP contribution in [0.2, 0.25) is 0 Å². The molecule has 0 aliphatic carbocycles. The molecule has 0 saturated heterocycles. The van der Waals surface area contributed by atoms with E-state index in [-0.39, 0.29) is 5.56 Å². The first-order valence-corrected chi connectivity index (χ1v) is 3.79. The molecule has 0 atom stereocenters. The second-order valence-electron chi connectivity index (χ2n) is 2.17. The monoisotopic (exact) mass is 169 g/mol. The van der Waals surface area contributed by atoms with Crippen LogP contribution in [0.3, 0.4) is 0 Å². The molecular weight excluding hydrogens is 160 g/mol. The normalized spacial score (nSPS) is 10.1. The molecule has 3 nitrogen and oxygen atoms in total. The van der Waals surface area contributed by atoms with Gasteiger partial charge in [-0.1, -0.05) is 0 Å². The fourth-order valence-electron chi connectivity index (χ4n) is 0.930. The molecule has 1 heterocycles. The van der Waals surface area contributed by atoms with Crippen LogP contribution < -0.4 is 5.56 Å². The summed E-state index contributed by atoms with van der Waals surface area (Å²) >= 11 is 4.05. The molecule has 4 heteroatoms. The van der Waals surface area contributed by atoms with Crippen LogP contribution in [0.4, 0.5) is 0 Å². The van der Waals surface area contributed by atoms with Gasteiger partial charge in [-0.25, -0.2) is 0 Å². The Morgan fingerprint density at radius 2 is 2.36 bits per heavy atom. The Morgan fingerprint density at radius 3 is 2.82 bits per heavy atom. The van der Waals surface area contributed by atoms with E-state index in [0.717, 1.165) is 12.2 Å². The lowest BCUT2D eigenvalue weighted by molar-refractivity contribution is 0.619. The highest BCUT2D eigenvalue weighted by atomic mass is 32.1. The Balaban J connectivity index is 3.36. The second-order valence-corrected chi connectivity index (χ2v) is 2.57. The van der Waals surface area contributed by atoms with Gasteiger partial charge in [0, 0.05) is 12.2 Å². The predicted octanol–water partition coefficient (Wildman–Crippen LogP) is 0.661.